The molecule has 8 nitrogen and oxygen atoms in total. The van der Waals surface area contributed by atoms with Crippen LogP contribution in [0.5, 0.6) is 5.88 Å². The molecule has 2 aliphatic heterocycles. The Morgan fingerprint density at radius 1 is 1.19 bits per heavy atom. The summed E-state index contributed by atoms with van der Waals surface area (Å²) in [6.07, 6.45) is 4.55. The molecule has 0 spiro atoms. The zero-order valence-electron chi connectivity index (χ0n) is 17.9. The number of halogens is 1. The van der Waals surface area contributed by atoms with Crippen molar-refractivity contribution in [1.82, 2.24) is 14.8 Å². The van der Waals surface area contributed by atoms with Gasteiger partial charge in [-0.25, -0.2) is 4.68 Å². The number of para-hydroxylation sites is 1. The highest BCUT2D eigenvalue weighted by atomic mass is 79.9. The predicted octanol–water partition coefficient (Wildman–Crippen LogP) is 4.54. The summed E-state index contributed by atoms with van der Waals surface area (Å²) in [5, 5.41) is 7.65. The van der Waals surface area contributed by atoms with Crippen LogP contribution in [0.3, 0.4) is 0 Å². The molecule has 3 aromatic rings. The average Bonchev–Trinajstić information content (AvgIpc) is 3.30. The van der Waals surface area contributed by atoms with Crippen LogP contribution < -0.4 is 15.0 Å². The van der Waals surface area contributed by atoms with Gasteiger partial charge in [0.05, 0.1) is 35.4 Å². The molecule has 1 aromatic carbocycles. The van der Waals surface area contributed by atoms with Gasteiger partial charge in [0.2, 0.25) is 11.8 Å². The van der Waals surface area contributed by atoms with Crippen LogP contribution in [-0.2, 0) is 7.05 Å². The molecule has 2 aromatic heterocycles. The quantitative estimate of drug-likeness (QED) is 0.493. The van der Waals surface area contributed by atoms with Crippen LogP contribution >= 0.6 is 15.9 Å². The molecule has 0 aliphatic carbocycles. The van der Waals surface area contributed by atoms with Crippen LogP contribution in [0.25, 0.3) is 11.3 Å². The topological polar surface area (TPSA) is 84.6 Å². The molecule has 0 radical (unpaired) electrons. The maximum absolute atomic E-state index is 13.2. The van der Waals surface area contributed by atoms with Gasteiger partial charge in [0, 0.05) is 29.3 Å². The Morgan fingerprint density at radius 2 is 2.06 bits per heavy atom. The van der Waals surface area contributed by atoms with Gasteiger partial charge in [-0.05, 0) is 66.4 Å². The number of hydrogen-bond donors (Lipinski definition) is 1. The van der Waals surface area contributed by atoms with Crippen molar-refractivity contribution in [3.63, 3.8) is 0 Å². The second kappa shape index (κ2) is 8.38. The van der Waals surface area contributed by atoms with Gasteiger partial charge in [-0.1, -0.05) is 6.07 Å². The molecule has 0 unspecified atom stereocenters. The smallest absolute Gasteiger partial charge is 0.280 e. The van der Waals surface area contributed by atoms with Crippen molar-refractivity contribution in [3.8, 4) is 17.1 Å². The number of nitrogens with zero attached hydrogens (tertiary/aromatic N) is 5. The lowest BCUT2D eigenvalue weighted by Gasteiger charge is -2.19. The second-order valence-corrected chi connectivity index (χ2v) is 8.79. The minimum Gasteiger partial charge on any atom is -0.477 e. The molecule has 1 amide bonds. The SMILES string of the molecule is Cc1cc2cc(n1)-c1cnn(C)c1OCCCCCN1/C(=N/C2=O)Nc2cccc(Br)c21. The zero-order chi connectivity index (χ0) is 22.2. The number of pyridine rings is 1. The summed E-state index contributed by atoms with van der Waals surface area (Å²) in [6.45, 7) is 3.20. The number of carbonyl (C=O) groups is 1. The van der Waals surface area contributed by atoms with Crippen molar-refractivity contribution in [2.45, 2.75) is 26.2 Å². The van der Waals surface area contributed by atoms with Crippen molar-refractivity contribution in [2.75, 3.05) is 23.4 Å². The summed E-state index contributed by atoms with van der Waals surface area (Å²) in [4.78, 5) is 24.4. The van der Waals surface area contributed by atoms with Crippen LogP contribution in [0.15, 0.2) is 46.0 Å². The van der Waals surface area contributed by atoms with Crippen LogP contribution in [-0.4, -0.2) is 39.8 Å². The van der Waals surface area contributed by atoms with E-state index in [4.69, 9.17) is 4.74 Å². The maximum Gasteiger partial charge on any atom is 0.280 e. The van der Waals surface area contributed by atoms with E-state index in [1.54, 1.807) is 23.0 Å². The molecule has 0 fully saturated rings. The van der Waals surface area contributed by atoms with Crippen molar-refractivity contribution >= 4 is 39.2 Å². The van der Waals surface area contributed by atoms with Crippen LogP contribution in [0, 0.1) is 6.92 Å². The Bertz CT molecular complexity index is 1240. The number of nitrogens with one attached hydrogen (secondary N) is 1. The fourth-order valence-corrected chi connectivity index (χ4v) is 4.65. The van der Waals surface area contributed by atoms with E-state index < -0.39 is 0 Å². The Labute approximate surface area is 194 Å². The molecule has 0 saturated carbocycles. The number of ether oxygens (including phenoxy) is 1. The highest BCUT2D eigenvalue weighted by molar-refractivity contribution is 9.10. The summed E-state index contributed by atoms with van der Waals surface area (Å²) >= 11 is 3.65. The molecule has 1 N–H and O–H groups in total. The number of aromatic nitrogens is 3. The molecule has 164 valence electrons. The monoisotopic (exact) mass is 494 g/mol. The number of fused-ring (bicyclic) bond motifs is 7. The summed E-state index contributed by atoms with van der Waals surface area (Å²) in [5.41, 5.74) is 4.55. The maximum atomic E-state index is 13.2. The number of rotatable bonds is 0. The second-order valence-electron chi connectivity index (χ2n) is 7.93. The number of benzene rings is 1. The van der Waals surface area contributed by atoms with Gasteiger partial charge >= 0.3 is 0 Å². The van der Waals surface area contributed by atoms with Crippen LogP contribution in [0.2, 0.25) is 0 Å². The van der Waals surface area contributed by atoms with Gasteiger partial charge in [-0.2, -0.15) is 10.1 Å². The number of aryl methyl sites for hydroxylation is 2. The Kier molecular flexibility index (Phi) is 5.42. The summed E-state index contributed by atoms with van der Waals surface area (Å²) < 4.78 is 8.74. The molecular formula is C23H23BrN6O2. The third kappa shape index (κ3) is 3.77. The van der Waals surface area contributed by atoms with E-state index in [9.17, 15) is 4.79 Å². The normalized spacial score (nSPS) is 17.7. The fraction of sp³-hybridized carbons (Fsp3) is 0.304. The van der Waals surface area contributed by atoms with Crippen LogP contribution in [0.4, 0.5) is 11.4 Å². The van der Waals surface area contributed by atoms with Crippen molar-refractivity contribution in [3.05, 3.63) is 52.3 Å². The molecule has 5 rings (SSSR count). The van der Waals surface area contributed by atoms with Crippen molar-refractivity contribution < 1.29 is 9.53 Å². The van der Waals surface area contributed by atoms with Crippen molar-refractivity contribution in [2.24, 2.45) is 12.0 Å². The minimum atomic E-state index is -0.325. The number of guanidine groups is 1. The molecule has 32 heavy (non-hydrogen) atoms. The first kappa shape index (κ1) is 20.7. The van der Waals surface area contributed by atoms with Crippen LogP contribution in [0.1, 0.15) is 35.3 Å². The largest absolute Gasteiger partial charge is 0.477 e. The van der Waals surface area contributed by atoms with E-state index >= 15 is 0 Å². The van der Waals surface area contributed by atoms with Gasteiger partial charge in [0.15, 0.2) is 0 Å². The Hall–Kier alpha value is -3.20. The average molecular weight is 495 g/mol. The fourth-order valence-electron chi connectivity index (χ4n) is 4.07. The third-order valence-electron chi connectivity index (χ3n) is 5.59. The molecular weight excluding hydrogens is 472 g/mol. The van der Waals surface area contributed by atoms with Gasteiger partial charge in [0.25, 0.3) is 5.91 Å². The predicted molar refractivity (Wildman–Crippen MR) is 127 cm³/mol. The van der Waals surface area contributed by atoms with Gasteiger partial charge in [-0.3, -0.25) is 9.78 Å². The van der Waals surface area contributed by atoms with Gasteiger partial charge in [0.1, 0.15) is 0 Å². The number of hydrogen-bond acceptors (Lipinski definition) is 6. The first-order valence-corrected chi connectivity index (χ1v) is 11.4. The molecule has 4 heterocycles. The summed E-state index contributed by atoms with van der Waals surface area (Å²) in [7, 11) is 1.84. The zero-order valence-corrected chi connectivity index (χ0v) is 19.5. The lowest BCUT2D eigenvalue weighted by molar-refractivity contribution is 0.100. The van der Waals surface area contributed by atoms with E-state index in [-0.39, 0.29) is 5.91 Å². The van der Waals surface area contributed by atoms with Crippen molar-refractivity contribution in [1.29, 1.82) is 0 Å². The van der Waals surface area contributed by atoms with E-state index in [0.717, 1.165) is 52.9 Å². The standard InChI is InChI=1S/C23H23BrN6O2/c1-14-11-15-12-19(26-14)16-13-25-29(2)22(16)32-10-5-3-4-9-30-20-17(24)7-6-8-18(20)27-23(30)28-21(15)31/h6-8,11-13H,3-5,9-10H2,1-2H3,(H,27,28,31). The van der Waals surface area contributed by atoms with E-state index in [1.165, 1.54) is 0 Å². The number of carbonyl (C=O) groups excluding carboxylic acids is 1. The van der Waals surface area contributed by atoms with E-state index in [0.29, 0.717) is 29.7 Å². The lowest BCUT2D eigenvalue weighted by atomic mass is 10.1. The molecule has 0 atom stereocenters. The Morgan fingerprint density at radius 3 is 2.94 bits per heavy atom. The molecule has 9 heteroatoms. The Balaban J connectivity index is 1.60. The summed E-state index contributed by atoms with van der Waals surface area (Å²) in [6, 6.07) is 9.47. The number of amides is 1. The first-order valence-electron chi connectivity index (χ1n) is 10.6. The van der Waals surface area contributed by atoms with E-state index in [2.05, 4.69) is 41.2 Å². The number of aliphatic imine (C=N–C) groups is 1. The third-order valence-corrected chi connectivity index (χ3v) is 6.23. The molecule has 2 aliphatic rings. The highest BCUT2D eigenvalue weighted by Gasteiger charge is 2.28. The molecule has 2 bridgehead atoms. The van der Waals surface area contributed by atoms with E-state index in [1.807, 2.05) is 32.2 Å². The number of anilines is 2. The van der Waals surface area contributed by atoms with Gasteiger partial charge < -0.3 is 15.0 Å². The first-order chi connectivity index (χ1) is 15.5. The summed E-state index contributed by atoms with van der Waals surface area (Å²) in [5.74, 6) is 0.873. The highest BCUT2D eigenvalue weighted by Crippen LogP contribution is 2.39. The lowest BCUT2D eigenvalue weighted by Crippen LogP contribution is -2.32. The minimum absolute atomic E-state index is 0.325. The molecule has 0 saturated heterocycles. The van der Waals surface area contributed by atoms with Gasteiger partial charge in [-0.15, -0.1) is 0 Å².